The first-order valence-corrected chi connectivity index (χ1v) is 8.75. The number of aromatic nitrogens is 3. The van der Waals surface area contributed by atoms with Crippen LogP contribution in [0.1, 0.15) is 41.3 Å². The van der Waals surface area contributed by atoms with Crippen LogP contribution in [0, 0.1) is 0 Å². The number of nitrogens with one attached hydrogen (secondary N) is 1. The Bertz CT molecular complexity index is 1030. The summed E-state index contributed by atoms with van der Waals surface area (Å²) in [5.41, 5.74) is 0.635. The van der Waals surface area contributed by atoms with Gasteiger partial charge < -0.3 is 23.8 Å². The molecule has 10 nitrogen and oxygen atoms in total. The van der Waals surface area contributed by atoms with Crippen molar-refractivity contribution in [2.24, 2.45) is 7.05 Å². The van der Waals surface area contributed by atoms with E-state index in [0.29, 0.717) is 12.1 Å². The Balaban J connectivity index is 1.99. The summed E-state index contributed by atoms with van der Waals surface area (Å²) < 4.78 is 18.1. The fourth-order valence-corrected chi connectivity index (χ4v) is 2.55. The third kappa shape index (κ3) is 3.61. The number of nitrogens with zero attached hydrogens (tertiary/aromatic N) is 3. The van der Waals surface area contributed by atoms with Crippen LogP contribution in [0.4, 0.5) is 10.6 Å². The normalized spacial score (nSPS) is 10.8. The van der Waals surface area contributed by atoms with E-state index in [0.717, 1.165) is 4.68 Å². The van der Waals surface area contributed by atoms with Crippen molar-refractivity contribution < 1.29 is 28.3 Å². The molecular weight excluding hydrogens is 368 g/mol. The molecule has 28 heavy (non-hydrogen) atoms. The molecule has 1 N–H and O–H groups in total. The lowest BCUT2D eigenvalue weighted by Gasteiger charge is -2.04. The minimum absolute atomic E-state index is 0.0104. The molecule has 3 heterocycles. The number of hydrogen-bond donors (Lipinski definition) is 1. The summed E-state index contributed by atoms with van der Waals surface area (Å²) in [6.45, 7) is 3.88. The third-order valence-corrected chi connectivity index (χ3v) is 3.84. The summed E-state index contributed by atoms with van der Waals surface area (Å²) in [4.78, 5) is 36.8. The Morgan fingerprint density at radius 3 is 2.68 bits per heavy atom. The quantitative estimate of drug-likeness (QED) is 0.645. The highest BCUT2D eigenvalue weighted by molar-refractivity contribution is 6.07. The molecule has 0 aliphatic heterocycles. The zero-order chi connectivity index (χ0) is 20.3. The smallest absolute Gasteiger partial charge is 0.435 e. The van der Waals surface area contributed by atoms with Gasteiger partial charge in [0.05, 0.1) is 13.2 Å². The molecule has 0 radical (unpaired) electrons. The molecule has 3 aromatic rings. The van der Waals surface area contributed by atoms with Gasteiger partial charge in [0, 0.05) is 19.3 Å². The maximum Gasteiger partial charge on any atom is 0.435 e. The molecule has 0 unspecified atom stereocenters. The van der Waals surface area contributed by atoms with Crippen LogP contribution < -0.4 is 5.32 Å². The summed E-state index contributed by atoms with van der Waals surface area (Å²) in [5.74, 6) is -1.24. The number of carbonyl (C=O) groups excluding carboxylic acids is 3. The molecule has 0 fully saturated rings. The van der Waals surface area contributed by atoms with Crippen LogP contribution in [0.15, 0.2) is 28.8 Å². The summed E-state index contributed by atoms with van der Waals surface area (Å²) in [6, 6.07) is 4.68. The first-order chi connectivity index (χ1) is 13.5. The first kappa shape index (κ1) is 19.2. The van der Waals surface area contributed by atoms with Gasteiger partial charge in [0.2, 0.25) is 5.76 Å². The molecule has 0 saturated heterocycles. The molecule has 0 aliphatic carbocycles. The number of ether oxygens (including phenoxy) is 2. The summed E-state index contributed by atoms with van der Waals surface area (Å²) in [5, 5.41) is 6.66. The van der Waals surface area contributed by atoms with E-state index >= 15 is 0 Å². The lowest BCUT2D eigenvalue weighted by molar-refractivity contribution is 0.0471. The molecule has 0 spiro atoms. The summed E-state index contributed by atoms with van der Waals surface area (Å²) >= 11 is 0. The number of amides is 1. The predicted octanol–water partition coefficient (Wildman–Crippen LogP) is 2.79. The molecule has 0 bridgehead atoms. The second-order valence-electron chi connectivity index (χ2n) is 5.88. The van der Waals surface area contributed by atoms with Gasteiger partial charge in [-0.1, -0.05) is 6.92 Å². The van der Waals surface area contributed by atoms with Crippen LogP contribution in [0.3, 0.4) is 0 Å². The molecule has 3 aromatic heterocycles. The van der Waals surface area contributed by atoms with E-state index < -0.39 is 18.0 Å². The van der Waals surface area contributed by atoms with Crippen molar-refractivity contribution in [3.05, 3.63) is 35.9 Å². The van der Waals surface area contributed by atoms with Gasteiger partial charge in [0.15, 0.2) is 11.4 Å². The second kappa shape index (κ2) is 7.99. The maximum atomic E-state index is 12.5. The van der Waals surface area contributed by atoms with E-state index in [-0.39, 0.29) is 35.9 Å². The lowest BCUT2D eigenvalue weighted by Crippen LogP contribution is -2.18. The SMILES string of the molecule is CCCOC(=O)c1cc2c(o1)c(NC(=O)c1cccn1C)nn2C(=O)OCC. The van der Waals surface area contributed by atoms with Gasteiger partial charge in [-0.3, -0.25) is 4.79 Å². The molecule has 1 amide bonds. The Hall–Kier alpha value is -3.56. The minimum atomic E-state index is -0.763. The Kier molecular flexibility index (Phi) is 5.48. The van der Waals surface area contributed by atoms with Crippen LogP contribution in [0.2, 0.25) is 0 Å². The van der Waals surface area contributed by atoms with Gasteiger partial charge in [0.1, 0.15) is 11.2 Å². The zero-order valence-corrected chi connectivity index (χ0v) is 15.7. The standard InChI is InChI=1S/C18H20N4O6/c1-4-9-27-17(24)13-10-12-14(28-13)15(20-22(12)18(25)26-5-2)19-16(23)11-7-6-8-21(11)3/h6-8,10H,4-5,9H2,1-3H3,(H,19,20,23). The van der Waals surface area contributed by atoms with Crippen LogP contribution >= 0.6 is 0 Å². The van der Waals surface area contributed by atoms with Crippen molar-refractivity contribution >= 4 is 34.9 Å². The average Bonchev–Trinajstić information content (AvgIpc) is 3.36. The number of rotatable bonds is 6. The summed E-state index contributed by atoms with van der Waals surface area (Å²) in [7, 11) is 1.72. The minimum Gasteiger partial charge on any atom is -0.460 e. The van der Waals surface area contributed by atoms with Crippen LogP contribution in [0.25, 0.3) is 11.1 Å². The average molecular weight is 388 g/mol. The van der Waals surface area contributed by atoms with Crippen molar-refractivity contribution in [2.75, 3.05) is 18.5 Å². The Labute approximate surface area is 160 Å². The van der Waals surface area contributed by atoms with Crippen molar-refractivity contribution in [3.63, 3.8) is 0 Å². The van der Waals surface area contributed by atoms with Gasteiger partial charge in [-0.05, 0) is 25.5 Å². The molecule has 148 valence electrons. The predicted molar refractivity (Wildman–Crippen MR) is 98.4 cm³/mol. The van der Waals surface area contributed by atoms with Gasteiger partial charge >= 0.3 is 12.1 Å². The van der Waals surface area contributed by atoms with Crippen molar-refractivity contribution in [1.82, 2.24) is 14.3 Å². The molecule has 0 atom stereocenters. The lowest BCUT2D eigenvalue weighted by atomic mass is 10.4. The number of fused-ring (bicyclic) bond motifs is 1. The van der Waals surface area contributed by atoms with Crippen LogP contribution in [-0.4, -0.2) is 45.5 Å². The molecular formula is C18H20N4O6. The third-order valence-electron chi connectivity index (χ3n) is 3.84. The van der Waals surface area contributed by atoms with Gasteiger partial charge in [-0.2, -0.15) is 4.68 Å². The number of carbonyl (C=O) groups is 3. The van der Waals surface area contributed by atoms with Crippen molar-refractivity contribution in [3.8, 4) is 0 Å². The second-order valence-corrected chi connectivity index (χ2v) is 5.88. The van der Waals surface area contributed by atoms with E-state index in [9.17, 15) is 14.4 Å². The topological polar surface area (TPSA) is 118 Å². The highest BCUT2D eigenvalue weighted by Gasteiger charge is 2.25. The highest BCUT2D eigenvalue weighted by atomic mass is 16.6. The number of furan rings is 1. The van der Waals surface area contributed by atoms with Gasteiger partial charge in [-0.25, -0.2) is 9.59 Å². The molecule has 0 saturated carbocycles. The molecule has 0 aliphatic rings. The largest absolute Gasteiger partial charge is 0.460 e. The molecule has 0 aromatic carbocycles. The number of aryl methyl sites for hydroxylation is 1. The monoisotopic (exact) mass is 388 g/mol. The highest BCUT2D eigenvalue weighted by Crippen LogP contribution is 2.28. The fourth-order valence-electron chi connectivity index (χ4n) is 2.55. The van der Waals surface area contributed by atoms with E-state index in [4.69, 9.17) is 13.9 Å². The molecule has 10 heteroatoms. The van der Waals surface area contributed by atoms with E-state index in [2.05, 4.69) is 10.4 Å². The van der Waals surface area contributed by atoms with Crippen molar-refractivity contribution in [1.29, 1.82) is 0 Å². The number of hydrogen-bond acceptors (Lipinski definition) is 7. The number of esters is 1. The van der Waals surface area contributed by atoms with Crippen LogP contribution in [-0.2, 0) is 16.5 Å². The molecule has 3 rings (SSSR count). The van der Waals surface area contributed by atoms with E-state index in [1.807, 2.05) is 6.92 Å². The van der Waals surface area contributed by atoms with Crippen LogP contribution in [0.5, 0.6) is 0 Å². The zero-order valence-electron chi connectivity index (χ0n) is 15.7. The Morgan fingerprint density at radius 1 is 1.25 bits per heavy atom. The van der Waals surface area contributed by atoms with Crippen molar-refractivity contribution in [2.45, 2.75) is 20.3 Å². The number of anilines is 1. The van der Waals surface area contributed by atoms with Gasteiger partial charge in [-0.15, -0.1) is 5.10 Å². The fraction of sp³-hybridized carbons (Fsp3) is 0.333. The first-order valence-electron chi connectivity index (χ1n) is 8.75. The van der Waals surface area contributed by atoms with Gasteiger partial charge in [0.25, 0.3) is 5.91 Å². The van der Waals surface area contributed by atoms with E-state index in [1.54, 1.807) is 36.9 Å². The maximum absolute atomic E-state index is 12.5. The summed E-state index contributed by atoms with van der Waals surface area (Å²) in [6.07, 6.45) is 1.61. The Morgan fingerprint density at radius 2 is 2.04 bits per heavy atom. The van der Waals surface area contributed by atoms with E-state index in [1.165, 1.54) is 6.07 Å².